The molecule has 2 N–H and O–H groups in total. The third-order valence-corrected chi connectivity index (χ3v) is 4.92. The zero-order valence-corrected chi connectivity index (χ0v) is 15.1. The molecule has 0 saturated carbocycles. The molecule has 1 aromatic heterocycles. The van der Waals surface area contributed by atoms with Crippen LogP contribution in [-0.2, 0) is 4.74 Å². The molecule has 4 rings (SSSR count). The Hall–Kier alpha value is -3.13. The number of aromatic nitrogens is 4. The largest absolute Gasteiger partial charge is 0.381 e. The SMILES string of the molecule is O=C(NC(CC1CCOC1)c1ccccc1)c1ccc(-c2nn[nH]n2)cc1F. The van der Waals surface area contributed by atoms with Crippen LogP contribution in [0, 0.1) is 11.7 Å². The minimum absolute atomic E-state index is 0.0177. The quantitative estimate of drug-likeness (QED) is 0.685. The lowest BCUT2D eigenvalue weighted by atomic mass is 9.94. The first kappa shape index (κ1) is 18.2. The van der Waals surface area contributed by atoms with Gasteiger partial charge in [0.25, 0.3) is 5.91 Å². The average Bonchev–Trinajstić information content (AvgIpc) is 3.42. The highest BCUT2D eigenvalue weighted by molar-refractivity contribution is 5.95. The van der Waals surface area contributed by atoms with Gasteiger partial charge < -0.3 is 10.1 Å². The second-order valence-electron chi connectivity index (χ2n) is 6.83. The van der Waals surface area contributed by atoms with E-state index in [4.69, 9.17) is 4.74 Å². The van der Waals surface area contributed by atoms with Crippen LogP contribution in [0.15, 0.2) is 48.5 Å². The first-order valence-electron chi connectivity index (χ1n) is 9.17. The van der Waals surface area contributed by atoms with Crippen molar-refractivity contribution in [3.8, 4) is 11.4 Å². The summed E-state index contributed by atoms with van der Waals surface area (Å²) in [5, 5.41) is 16.4. The highest BCUT2D eigenvalue weighted by Crippen LogP contribution is 2.27. The van der Waals surface area contributed by atoms with Gasteiger partial charge in [-0.3, -0.25) is 4.79 Å². The van der Waals surface area contributed by atoms with Crippen molar-refractivity contribution < 1.29 is 13.9 Å². The maximum atomic E-state index is 14.6. The van der Waals surface area contributed by atoms with Crippen molar-refractivity contribution in [3.63, 3.8) is 0 Å². The lowest BCUT2D eigenvalue weighted by Crippen LogP contribution is -2.30. The summed E-state index contributed by atoms with van der Waals surface area (Å²) >= 11 is 0. The van der Waals surface area contributed by atoms with Gasteiger partial charge in [0.2, 0.25) is 5.82 Å². The molecule has 2 atom stereocenters. The molecule has 0 aliphatic carbocycles. The van der Waals surface area contributed by atoms with Crippen LogP contribution >= 0.6 is 0 Å². The highest BCUT2D eigenvalue weighted by Gasteiger charge is 2.24. The standard InChI is InChI=1S/C20H20FN5O2/c21-17-11-15(19-23-25-26-24-19)6-7-16(17)20(27)22-18(10-13-8-9-28-12-13)14-4-2-1-3-5-14/h1-7,11,13,18H,8-10,12H2,(H,22,27)(H,23,24,25,26). The number of halogens is 1. The van der Waals surface area contributed by atoms with Crippen LogP contribution in [0.1, 0.15) is 34.8 Å². The Morgan fingerprint density at radius 2 is 2.14 bits per heavy atom. The van der Waals surface area contributed by atoms with E-state index < -0.39 is 11.7 Å². The summed E-state index contributed by atoms with van der Waals surface area (Å²) in [6.07, 6.45) is 1.71. The van der Waals surface area contributed by atoms with E-state index in [0.29, 0.717) is 18.1 Å². The Morgan fingerprint density at radius 3 is 2.82 bits per heavy atom. The molecule has 28 heavy (non-hydrogen) atoms. The zero-order chi connectivity index (χ0) is 19.3. The number of carbonyl (C=O) groups is 1. The van der Waals surface area contributed by atoms with Crippen molar-refractivity contribution >= 4 is 5.91 Å². The summed E-state index contributed by atoms with van der Waals surface area (Å²) < 4.78 is 20.0. The molecule has 2 heterocycles. The van der Waals surface area contributed by atoms with Crippen LogP contribution in [0.25, 0.3) is 11.4 Å². The zero-order valence-electron chi connectivity index (χ0n) is 15.1. The summed E-state index contributed by atoms with van der Waals surface area (Å²) in [7, 11) is 0. The molecule has 0 spiro atoms. The van der Waals surface area contributed by atoms with Crippen LogP contribution in [0.4, 0.5) is 4.39 Å². The summed E-state index contributed by atoms with van der Waals surface area (Å²) in [5.74, 6) is -0.439. The third-order valence-electron chi connectivity index (χ3n) is 4.92. The second-order valence-corrected chi connectivity index (χ2v) is 6.83. The predicted octanol–water partition coefficient (Wildman–Crippen LogP) is 2.90. The minimum atomic E-state index is -0.629. The second kappa shape index (κ2) is 8.26. The maximum absolute atomic E-state index is 14.6. The van der Waals surface area contributed by atoms with E-state index in [-0.39, 0.29) is 17.4 Å². The number of amides is 1. The number of nitrogens with one attached hydrogen (secondary N) is 2. The minimum Gasteiger partial charge on any atom is -0.381 e. The molecule has 1 aliphatic heterocycles. The van der Waals surface area contributed by atoms with Crippen LogP contribution in [-0.4, -0.2) is 39.7 Å². The summed E-state index contributed by atoms with van der Waals surface area (Å²) in [5.41, 5.74) is 1.42. The van der Waals surface area contributed by atoms with Crippen molar-refractivity contribution in [3.05, 3.63) is 65.5 Å². The summed E-state index contributed by atoms with van der Waals surface area (Å²) in [4.78, 5) is 12.8. The van der Waals surface area contributed by atoms with E-state index in [1.54, 1.807) is 6.07 Å². The number of rotatable bonds is 6. The number of nitrogens with zero attached hydrogens (tertiary/aromatic N) is 3. The molecular weight excluding hydrogens is 361 g/mol. The number of hydrogen-bond acceptors (Lipinski definition) is 5. The topological polar surface area (TPSA) is 92.8 Å². The number of tetrazole rings is 1. The van der Waals surface area contributed by atoms with Crippen molar-refractivity contribution in [2.24, 2.45) is 5.92 Å². The lowest BCUT2D eigenvalue weighted by molar-refractivity contribution is 0.0924. The van der Waals surface area contributed by atoms with Gasteiger partial charge in [0.1, 0.15) is 5.82 Å². The Kier molecular flexibility index (Phi) is 5.38. The number of benzene rings is 2. The molecular formula is C20H20FN5O2. The first-order valence-corrected chi connectivity index (χ1v) is 9.17. The van der Waals surface area contributed by atoms with Gasteiger partial charge in [-0.2, -0.15) is 5.21 Å². The predicted molar refractivity (Wildman–Crippen MR) is 99.8 cm³/mol. The highest BCUT2D eigenvalue weighted by atomic mass is 19.1. The average molecular weight is 381 g/mol. The fourth-order valence-electron chi connectivity index (χ4n) is 3.42. The molecule has 2 aromatic carbocycles. The van der Waals surface area contributed by atoms with E-state index in [1.165, 1.54) is 12.1 Å². The van der Waals surface area contributed by atoms with Gasteiger partial charge in [0.15, 0.2) is 0 Å². The van der Waals surface area contributed by atoms with Gasteiger partial charge in [-0.05, 0) is 41.7 Å². The van der Waals surface area contributed by atoms with Gasteiger partial charge in [-0.15, -0.1) is 10.2 Å². The maximum Gasteiger partial charge on any atom is 0.254 e. The first-order chi connectivity index (χ1) is 13.7. The molecule has 0 bridgehead atoms. The number of hydrogen-bond donors (Lipinski definition) is 2. The molecule has 1 amide bonds. The van der Waals surface area contributed by atoms with Crippen molar-refractivity contribution in [1.82, 2.24) is 25.9 Å². The fourth-order valence-corrected chi connectivity index (χ4v) is 3.42. The van der Waals surface area contributed by atoms with Crippen LogP contribution < -0.4 is 5.32 Å². The van der Waals surface area contributed by atoms with Gasteiger partial charge in [0, 0.05) is 18.8 Å². The summed E-state index contributed by atoms with van der Waals surface area (Å²) in [6.45, 7) is 1.43. The Bertz CT molecular complexity index is 927. The van der Waals surface area contributed by atoms with Gasteiger partial charge >= 0.3 is 0 Å². The van der Waals surface area contributed by atoms with Crippen LogP contribution in [0.5, 0.6) is 0 Å². The van der Waals surface area contributed by atoms with Crippen LogP contribution in [0.2, 0.25) is 0 Å². The molecule has 8 heteroatoms. The number of aromatic amines is 1. The van der Waals surface area contributed by atoms with Gasteiger partial charge in [0.05, 0.1) is 11.6 Å². The van der Waals surface area contributed by atoms with Crippen molar-refractivity contribution in [1.29, 1.82) is 0 Å². The van der Waals surface area contributed by atoms with E-state index in [2.05, 4.69) is 25.9 Å². The van der Waals surface area contributed by atoms with E-state index >= 15 is 0 Å². The molecule has 7 nitrogen and oxygen atoms in total. The molecule has 0 radical (unpaired) electrons. The Labute approximate surface area is 161 Å². The molecule has 2 unspecified atom stereocenters. The molecule has 1 saturated heterocycles. The monoisotopic (exact) mass is 381 g/mol. The van der Waals surface area contributed by atoms with E-state index in [1.807, 2.05) is 30.3 Å². The van der Waals surface area contributed by atoms with Gasteiger partial charge in [-0.1, -0.05) is 36.4 Å². The van der Waals surface area contributed by atoms with Crippen molar-refractivity contribution in [2.75, 3.05) is 13.2 Å². The Balaban J connectivity index is 1.53. The number of H-pyrrole nitrogens is 1. The smallest absolute Gasteiger partial charge is 0.254 e. The van der Waals surface area contributed by atoms with Gasteiger partial charge in [-0.25, -0.2) is 4.39 Å². The van der Waals surface area contributed by atoms with Crippen LogP contribution in [0.3, 0.4) is 0 Å². The molecule has 1 fully saturated rings. The van der Waals surface area contributed by atoms with E-state index in [9.17, 15) is 9.18 Å². The number of ether oxygens (including phenoxy) is 1. The third kappa shape index (κ3) is 4.07. The molecule has 1 aliphatic rings. The molecule has 3 aromatic rings. The normalized spacial score (nSPS) is 17.4. The lowest BCUT2D eigenvalue weighted by Gasteiger charge is -2.22. The van der Waals surface area contributed by atoms with Crippen molar-refractivity contribution in [2.45, 2.75) is 18.9 Å². The molecule has 144 valence electrons. The van der Waals surface area contributed by atoms with E-state index in [0.717, 1.165) is 25.0 Å². The Morgan fingerprint density at radius 1 is 1.29 bits per heavy atom. The summed E-state index contributed by atoms with van der Waals surface area (Å²) in [6, 6.07) is 13.8. The fraction of sp³-hybridized carbons (Fsp3) is 0.300. The number of carbonyl (C=O) groups excluding carboxylic acids is 1.